The first-order chi connectivity index (χ1) is 17.3. The summed E-state index contributed by atoms with van der Waals surface area (Å²) >= 11 is 0. The fraction of sp³-hybridized carbons (Fsp3) is 0.0303. The van der Waals surface area contributed by atoms with Gasteiger partial charge in [0.1, 0.15) is 34.7 Å². The lowest BCUT2D eigenvalue weighted by Crippen LogP contribution is -2.32. The molecule has 0 heterocycles. The Morgan fingerprint density at radius 3 is 1.46 bits per heavy atom. The second-order valence-electron chi connectivity index (χ2n) is 8.39. The van der Waals surface area contributed by atoms with Gasteiger partial charge in [-0.3, -0.25) is 0 Å². The predicted octanol–water partition coefficient (Wildman–Crippen LogP) is 7.49. The Morgan fingerprint density at radius 1 is 0.486 bits per heavy atom. The topological polar surface area (TPSA) is 9.23 Å². The smallest absolute Gasteiger partial charge is 0.128 e. The van der Waals surface area contributed by atoms with Gasteiger partial charge in [-0.15, -0.1) is 0 Å². The highest BCUT2D eigenvalue weighted by Gasteiger charge is 2.44. The standard InChI is InChI=1S/C33H28OP/c1-5-17-29(18-6-1)34-30-19-13-15-28(27-30)16-14-26-35(31-20-7-2-8-21-31,32-22-9-3-10-23-32)33-24-11-4-12-25-33/h1-25,27H,26H2/q+1. The Labute approximate surface area is 208 Å². The molecule has 0 aliphatic rings. The summed E-state index contributed by atoms with van der Waals surface area (Å²) in [4.78, 5) is 0. The van der Waals surface area contributed by atoms with Gasteiger partial charge in [0.15, 0.2) is 0 Å². The van der Waals surface area contributed by atoms with Crippen molar-refractivity contribution >= 4 is 29.3 Å². The number of para-hydroxylation sites is 1. The molecule has 0 amide bonds. The third kappa shape index (κ3) is 5.27. The second kappa shape index (κ2) is 11.0. The molecule has 0 atom stereocenters. The molecule has 5 aromatic rings. The fourth-order valence-electron chi connectivity index (χ4n) is 4.46. The lowest BCUT2D eigenvalue weighted by Gasteiger charge is -2.26. The van der Waals surface area contributed by atoms with Crippen molar-refractivity contribution in [2.45, 2.75) is 0 Å². The lowest BCUT2D eigenvalue weighted by atomic mass is 10.2. The first kappa shape index (κ1) is 22.8. The van der Waals surface area contributed by atoms with Crippen LogP contribution in [-0.2, 0) is 0 Å². The third-order valence-electron chi connectivity index (χ3n) is 6.12. The maximum Gasteiger partial charge on any atom is 0.128 e. The van der Waals surface area contributed by atoms with Gasteiger partial charge in [0.25, 0.3) is 0 Å². The number of benzene rings is 5. The molecular weight excluding hydrogens is 443 g/mol. The third-order valence-corrected chi connectivity index (χ3v) is 10.4. The molecule has 2 heteroatoms. The van der Waals surface area contributed by atoms with Crippen LogP contribution in [0.2, 0.25) is 0 Å². The van der Waals surface area contributed by atoms with E-state index in [4.69, 9.17) is 4.74 Å². The highest BCUT2D eigenvalue weighted by atomic mass is 31.2. The average Bonchev–Trinajstić information content (AvgIpc) is 2.93. The molecule has 5 aromatic carbocycles. The van der Waals surface area contributed by atoms with Gasteiger partial charge in [-0.05, 0) is 72.3 Å². The van der Waals surface area contributed by atoms with Gasteiger partial charge in [-0.25, -0.2) is 0 Å². The van der Waals surface area contributed by atoms with Gasteiger partial charge < -0.3 is 4.74 Å². The summed E-state index contributed by atoms with van der Waals surface area (Å²) in [5, 5.41) is 4.18. The number of hydrogen-bond acceptors (Lipinski definition) is 1. The van der Waals surface area contributed by atoms with Crippen LogP contribution in [0.1, 0.15) is 5.56 Å². The minimum atomic E-state index is -1.87. The molecule has 0 radical (unpaired) electrons. The highest BCUT2D eigenvalue weighted by molar-refractivity contribution is 7.95. The summed E-state index contributed by atoms with van der Waals surface area (Å²) in [7, 11) is -1.87. The molecule has 0 fully saturated rings. The quantitative estimate of drug-likeness (QED) is 0.213. The zero-order valence-corrected chi connectivity index (χ0v) is 20.5. The van der Waals surface area contributed by atoms with Gasteiger partial charge in [0.05, 0.1) is 6.16 Å². The van der Waals surface area contributed by atoms with E-state index >= 15 is 0 Å². The average molecular weight is 472 g/mol. The fourth-order valence-corrected chi connectivity index (χ4v) is 8.46. The van der Waals surface area contributed by atoms with Crippen molar-refractivity contribution < 1.29 is 4.74 Å². The van der Waals surface area contributed by atoms with Crippen molar-refractivity contribution in [3.63, 3.8) is 0 Å². The second-order valence-corrected chi connectivity index (χ2v) is 11.9. The Balaban J connectivity index is 1.51. The predicted molar refractivity (Wildman–Crippen MR) is 152 cm³/mol. The van der Waals surface area contributed by atoms with E-state index < -0.39 is 7.26 Å². The Morgan fingerprint density at radius 2 is 0.943 bits per heavy atom. The summed E-state index contributed by atoms with van der Waals surface area (Å²) in [6.45, 7) is 0. The largest absolute Gasteiger partial charge is 0.457 e. The molecule has 0 aromatic heterocycles. The summed E-state index contributed by atoms with van der Waals surface area (Å²) < 4.78 is 6.05. The van der Waals surface area contributed by atoms with Crippen molar-refractivity contribution in [3.8, 4) is 11.5 Å². The van der Waals surface area contributed by atoms with Gasteiger partial charge in [0.2, 0.25) is 0 Å². The van der Waals surface area contributed by atoms with Crippen molar-refractivity contribution in [3.05, 3.63) is 157 Å². The molecule has 5 rings (SSSR count). The monoisotopic (exact) mass is 471 g/mol. The number of allylic oxidation sites excluding steroid dienone is 1. The summed E-state index contributed by atoms with van der Waals surface area (Å²) in [6, 6.07) is 51.1. The van der Waals surface area contributed by atoms with E-state index in [0.29, 0.717) is 0 Å². The lowest BCUT2D eigenvalue weighted by molar-refractivity contribution is 0.482. The van der Waals surface area contributed by atoms with E-state index in [9.17, 15) is 0 Å². The summed E-state index contributed by atoms with van der Waals surface area (Å²) in [5.74, 6) is 1.68. The van der Waals surface area contributed by atoms with Crippen molar-refractivity contribution in [1.29, 1.82) is 0 Å². The maximum atomic E-state index is 6.05. The van der Waals surface area contributed by atoms with E-state index in [-0.39, 0.29) is 0 Å². The van der Waals surface area contributed by atoms with E-state index in [0.717, 1.165) is 23.2 Å². The van der Waals surface area contributed by atoms with Gasteiger partial charge >= 0.3 is 0 Å². The molecule has 0 saturated carbocycles. The molecular formula is C33H28OP+. The Kier molecular flexibility index (Phi) is 7.18. The van der Waals surface area contributed by atoms with Crippen LogP contribution in [0, 0.1) is 0 Å². The molecule has 0 N–H and O–H groups in total. The van der Waals surface area contributed by atoms with E-state index in [2.05, 4.69) is 115 Å². The normalized spacial score (nSPS) is 11.4. The van der Waals surface area contributed by atoms with Crippen molar-refractivity contribution in [2.24, 2.45) is 0 Å². The van der Waals surface area contributed by atoms with Crippen LogP contribution in [0.4, 0.5) is 0 Å². The van der Waals surface area contributed by atoms with Crippen LogP contribution >= 0.6 is 7.26 Å². The first-order valence-electron chi connectivity index (χ1n) is 11.9. The van der Waals surface area contributed by atoms with Crippen LogP contribution in [-0.4, -0.2) is 6.16 Å². The summed E-state index contributed by atoms with van der Waals surface area (Å²) in [5.41, 5.74) is 1.13. The minimum absolute atomic E-state index is 0.841. The molecule has 1 nitrogen and oxygen atoms in total. The van der Waals surface area contributed by atoms with Crippen molar-refractivity contribution in [1.82, 2.24) is 0 Å². The van der Waals surface area contributed by atoms with Gasteiger partial charge in [0, 0.05) is 0 Å². The minimum Gasteiger partial charge on any atom is -0.457 e. The molecule has 0 bridgehead atoms. The van der Waals surface area contributed by atoms with Crippen LogP contribution in [0.25, 0.3) is 6.08 Å². The zero-order chi connectivity index (χ0) is 23.8. The van der Waals surface area contributed by atoms with Crippen LogP contribution < -0.4 is 20.7 Å². The number of rotatable bonds is 8. The molecule has 35 heavy (non-hydrogen) atoms. The maximum absolute atomic E-state index is 6.05. The summed E-state index contributed by atoms with van der Waals surface area (Å²) in [6.07, 6.45) is 5.50. The van der Waals surface area contributed by atoms with E-state index in [1.807, 2.05) is 42.5 Å². The molecule has 170 valence electrons. The van der Waals surface area contributed by atoms with Gasteiger partial charge in [-0.1, -0.05) is 91.0 Å². The Bertz CT molecular complexity index is 1270. The van der Waals surface area contributed by atoms with Crippen LogP contribution in [0.15, 0.2) is 152 Å². The van der Waals surface area contributed by atoms with Gasteiger partial charge in [-0.2, -0.15) is 0 Å². The molecule has 0 unspecified atom stereocenters. The van der Waals surface area contributed by atoms with E-state index in [1.165, 1.54) is 15.9 Å². The number of hydrogen-bond donors (Lipinski definition) is 0. The van der Waals surface area contributed by atoms with E-state index in [1.54, 1.807) is 0 Å². The van der Waals surface area contributed by atoms with Crippen molar-refractivity contribution in [2.75, 3.05) is 6.16 Å². The molecule has 0 aliphatic heterocycles. The highest BCUT2D eigenvalue weighted by Crippen LogP contribution is 2.55. The number of ether oxygens (including phenoxy) is 1. The first-order valence-corrected chi connectivity index (χ1v) is 13.9. The molecule has 0 spiro atoms. The SMILES string of the molecule is C(=Cc1cccc(Oc2ccccc2)c1)C[P+](c1ccccc1)(c1ccccc1)c1ccccc1. The van der Waals surface area contributed by atoms with Crippen LogP contribution in [0.5, 0.6) is 11.5 Å². The molecule has 0 aliphatic carbocycles. The zero-order valence-electron chi connectivity index (χ0n) is 19.6. The Hall–Kier alpha value is -3.93. The van der Waals surface area contributed by atoms with Crippen LogP contribution in [0.3, 0.4) is 0 Å². The molecule has 0 saturated heterocycles.